The number of methoxy groups -OCH3 is 1. The van der Waals surface area contributed by atoms with Crippen molar-refractivity contribution in [1.29, 1.82) is 0 Å². The lowest BCUT2D eigenvalue weighted by Gasteiger charge is -2.16. The molecule has 1 aromatic carbocycles. The highest BCUT2D eigenvalue weighted by Gasteiger charge is 2.23. The molecule has 1 aromatic heterocycles. The first kappa shape index (κ1) is 15.9. The molecule has 0 amide bonds. The lowest BCUT2D eigenvalue weighted by molar-refractivity contribution is -0.139. The third kappa shape index (κ3) is 3.84. The lowest BCUT2D eigenvalue weighted by Crippen LogP contribution is -2.09. The van der Waals surface area contributed by atoms with E-state index in [4.69, 9.17) is 14.2 Å². The molecule has 0 bridgehead atoms. The van der Waals surface area contributed by atoms with Gasteiger partial charge in [0.25, 0.3) is 6.29 Å². The van der Waals surface area contributed by atoms with Crippen LogP contribution < -0.4 is 4.74 Å². The molecule has 6 heteroatoms. The average molecular weight is 327 g/mol. The first-order valence-corrected chi connectivity index (χ1v) is 7.44. The summed E-state index contributed by atoms with van der Waals surface area (Å²) in [6.45, 7) is 0.372. The highest BCUT2D eigenvalue weighted by molar-refractivity contribution is 5.72. The maximum absolute atomic E-state index is 11.5. The molecule has 0 radical (unpaired) electrons. The average Bonchev–Trinajstić information content (AvgIpc) is 3.15. The van der Waals surface area contributed by atoms with Crippen molar-refractivity contribution in [3.8, 4) is 5.75 Å². The monoisotopic (exact) mass is 327 g/mol. The predicted octanol–water partition coefficient (Wildman–Crippen LogP) is 2.89. The second-order valence-corrected chi connectivity index (χ2v) is 5.13. The lowest BCUT2D eigenvalue weighted by atomic mass is 10.1. The van der Waals surface area contributed by atoms with Crippen LogP contribution in [0.25, 0.3) is 0 Å². The predicted molar refractivity (Wildman–Crippen MR) is 84.8 cm³/mol. The molecule has 124 valence electrons. The first-order valence-electron chi connectivity index (χ1n) is 7.44. The number of carbonyl (C=O) groups is 1. The number of nitrogens with zero attached hydrogens (tertiary/aromatic N) is 1. The van der Waals surface area contributed by atoms with Crippen LogP contribution in [-0.4, -0.2) is 18.1 Å². The number of hydrogen-bond donors (Lipinski definition) is 0. The van der Waals surface area contributed by atoms with Gasteiger partial charge in [0, 0.05) is 6.20 Å². The van der Waals surface area contributed by atoms with Crippen molar-refractivity contribution in [2.45, 2.75) is 19.3 Å². The summed E-state index contributed by atoms with van der Waals surface area (Å²) in [5.74, 6) is 0.169. The van der Waals surface area contributed by atoms with Crippen LogP contribution in [0, 0.1) is 0 Å². The number of pyridine rings is 1. The van der Waals surface area contributed by atoms with E-state index in [9.17, 15) is 4.79 Å². The second-order valence-electron chi connectivity index (χ2n) is 5.13. The first-order chi connectivity index (χ1) is 11.8. The molecule has 0 atom stereocenters. The number of ether oxygens (including phenoxy) is 4. The summed E-state index contributed by atoms with van der Waals surface area (Å²) in [4.78, 5) is 15.8. The zero-order valence-electron chi connectivity index (χ0n) is 13.2. The molecular weight excluding hydrogens is 310 g/mol. The third-order valence-electron chi connectivity index (χ3n) is 3.43. The van der Waals surface area contributed by atoms with Gasteiger partial charge in [-0.3, -0.25) is 4.79 Å². The topological polar surface area (TPSA) is 66.9 Å². The normalized spacial score (nSPS) is 13.2. The van der Waals surface area contributed by atoms with Crippen molar-refractivity contribution in [2.75, 3.05) is 7.11 Å². The Kier molecular flexibility index (Phi) is 4.96. The molecule has 0 fully saturated rings. The van der Waals surface area contributed by atoms with Crippen molar-refractivity contribution < 1.29 is 23.7 Å². The van der Waals surface area contributed by atoms with Crippen LogP contribution in [-0.2, 0) is 32.0 Å². The maximum atomic E-state index is 11.5. The van der Waals surface area contributed by atoms with E-state index in [1.165, 1.54) is 19.6 Å². The molecule has 0 N–H and O–H groups in total. The van der Waals surface area contributed by atoms with Crippen molar-refractivity contribution in [3.05, 3.63) is 71.9 Å². The third-order valence-corrected chi connectivity index (χ3v) is 3.43. The maximum Gasteiger partial charge on any atom is 0.310 e. The molecule has 1 aliphatic rings. The van der Waals surface area contributed by atoms with Gasteiger partial charge in [0.2, 0.25) is 0 Å². The van der Waals surface area contributed by atoms with Crippen molar-refractivity contribution in [2.24, 2.45) is 0 Å². The molecule has 6 nitrogen and oxygen atoms in total. The molecule has 0 aliphatic carbocycles. The Bertz CT molecular complexity index is 721. The van der Waals surface area contributed by atoms with Gasteiger partial charge >= 0.3 is 5.97 Å². The van der Waals surface area contributed by atoms with Gasteiger partial charge in [0.05, 0.1) is 13.5 Å². The van der Waals surface area contributed by atoms with Crippen LogP contribution in [0.1, 0.15) is 23.1 Å². The molecule has 3 rings (SSSR count). The quantitative estimate of drug-likeness (QED) is 0.760. The highest BCUT2D eigenvalue weighted by atomic mass is 16.7. The molecule has 1 aliphatic heterocycles. The number of benzene rings is 1. The number of hydrogen-bond acceptors (Lipinski definition) is 6. The molecule has 0 saturated carbocycles. The molecule has 24 heavy (non-hydrogen) atoms. The molecular formula is C18H17NO5. The Hall–Kier alpha value is -3.02. The summed E-state index contributed by atoms with van der Waals surface area (Å²) in [6, 6.07) is 11.5. The van der Waals surface area contributed by atoms with Gasteiger partial charge in [0.1, 0.15) is 24.9 Å². The van der Waals surface area contributed by atoms with E-state index in [0.717, 1.165) is 5.56 Å². The van der Waals surface area contributed by atoms with E-state index in [1.54, 1.807) is 12.3 Å². The summed E-state index contributed by atoms with van der Waals surface area (Å²) in [5, 5.41) is 0. The van der Waals surface area contributed by atoms with E-state index in [2.05, 4.69) is 9.72 Å². The van der Waals surface area contributed by atoms with Crippen LogP contribution in [0.4, 0.5) is 0 Å². The van der Waals surface area contributed by atoms with Gasteiger partial charge in [-0.25, -0.2) is 4.98 Å². The Balaban J connectivity index is 1.81. The SMILES string of the molecule is COC(=O)Cc1cnc(C2OC=CO2)c(OCc2ccccc2)c1. The van der Waals surface area contributed by atoms with E-state index < -0.39 is 6.29 Å². The number of aromatic nitrogens is 1. The van der Waals surface area contributed by atoms with Crippen LogP contribution in [0.5, 0.6) is 5.75 Å². The van der Waals surface area contributed by atoms with Crippen LogP contribution in [0.15, 0.2) is 55.1 Å². The Morgan fingerprint density at radius 3 is 2.62 bits per heavy atom. The Morgan fingerprint density at radius 2 is 1.92 bits per heavy atom. The van der Waals surface area contributed by atoms with Crippen molar-refractivity contribution in [3.63, 3.8) is 0 Å². The van der Waals surface area contributed by atoms with Gasteiger partial charge in [-0.1, -0.05) is 30.3 Å². The minimum Gasteiger partial charge on any atom is -0.487 e. The van der Waals surface area contributed by atoms with E-state index in [1.807, 2.05) is 30.3 Å². The molecule has 0 unspecified atom stereocenters. The Labute approximate surface area is 139 Å². The molecule has 2 aromatic rings. The van der Waals surface area contributed by atoms with E-state index in [-0.39, 0.29) is 12.4 Å². The fraction of sp³-hybridized carbons (Fsp3) is 0.222. The molecule has 0 spiro atoms. The van der Waals surface area contributed by atoms with Crippen molar-refractivity contribution >= 4 is 5.97 Å². The smallest absolute Gasteiger partial charge is 0.310 e. The van der Waals surface area contributed by atoms with Crippen LogP contribution in [0.3, 0.4) is 0 Å². The fourth-order valence-corrected chi connectivity index (χ4v) is 2.23. The van der Waals surface area contributed by atoms with Gasteiger partial charge in [0.15, 0.2) is 5.69 Å². The summed E-state index contributed by atoms with van der Waals surface area (Å²) < 4.78 is 21.2. The number of carbonyl (C=O) groups excluding carboxylic acids is 1. The van der Waals surface area contributed by atoms with Gasteiger partial charge < -0.3 is 18.9 Å². The van der Waals surface area contributed by atoms with Crippen molar-refractivity contribution in [1.82, 2.24) is 4.98 Å². The van der Waals surface area contributed by atoms with Crippen LogP contribution >= 0.6 is 0 Å². The number of esters is 1. The summed E-state index contributed by atoms with van der Waals surface area (Å²) in [7, 11) is 1.35. The summed E-state index contributed by atoms with van der Waals surface area (Å²) >= 11 is 0. The zero-order chi connectivity index (χ0) is 16.8. The minimum atomic E-state index is -0.650. The molecule has 0 saturated heterocycles. The fourth-order valence-electron chi connectivity index (χ4n) is 2.23. The second kappa shape index (κ2) is 7.50. The zero-order valence-corrected chi connectivity index (χ0v) is 13.2. The van der Waals surface area contributed by atoms with Crippen LogP contribution in [0.2, 0.25) is 0 Å². The molecule has 2 heterocycles. The standard InChI is InChI=1S/C18H17NO5/c1-21-16(20)10-14-9-15(24-12-13-5-3-2-4-6-13)17(19-11-14)18-22-7-8-23-18/h2-9,11,18H,10,12H2,1H3. The largest absolute Gasteiger partial charge is 0.487 e. The minimum absolute atomic E-state index is 0.121. The van der Waals surface area contributed by atoms with Gasteiger partial charge in [-0.2, -0.15) is 0 Å². The van der Waals surface area contributed by atoms with Gasteiger partial charge in [-0.05, 0) is 17.2 Å². The van der Waals surface area contributed by atoms with E-state index in [0.29, 0.717) is 23.6 Å². The highest BCUT2D eigenvalue weighted by Crippen LogP contribution is 2.31. The summed E-state index contributed by atoms with van der Waals surface area (Å²) in [6.07, 6.45) is 3.97. The summed E-state index contributed by atoms with van der Waals surface area (Å²) in [5.41, 5.74) is 2.23. The number of rotatable bonds is 6. The van der Waals surface area contributed by atoms with E-state index >= 15 is 0 Å². The Morgan fingerprint density at radius 1 is 1.17 bits per heavy atom. The van der Waals surface area contributed by atoms with Gasteiger partial charge in [-0.15, -0.1) is 0 Å².